The number of nitrogens with zero attached hydrogens (tertiary/aromatic N) is 1. The number of hydrogen-bond donors (Lipinski definition) is 1. The van der Waals surface area contributed by atoms with Crippen molar-refractivity contribution in [2.45, 2.75) is 39.0 Å². The Morgan fingerprint density at radius 1 is 1.32 bits per heavy atom. The van der Waals surface area contributed by atoms with Crippen LogP contribution in [0.4, 0.5) is 0 Å². The van der Waals surface area contributed by atoms with Crippen molar-refractivity contribution in [3.8, 4) is 5.75 Å². The number of H-pyrrole nitrogens is 1. The van der Waals surface area contributed by atoms with Gasteiger partial charge in [-0.3, -0.25) is 4.79 Å². The van der Waals surface area contributed by atoms with Gasteiger partial charge >= 0.3 is 5.97 Å². The number of fused-ring (bicyclic) bond motifs is 1. The molecule has 0 radical (unpaired) electrons. The number of esters is 1. The maximum Gasteiger partial charge on any atom is 0.311 e. The lowest BCUT2D eigenvalue weighted by Crippen LogP contribution is -2.21. The standard InChI is InChI=1S/C18H24N2O2/c1-2-5-18(21)22-15-6-7-16-14(13-19-17(16)12-15)8-11-20-9-3-4-10-20/h6-7,12-13,19H,2-5,8-11H2,1H3. The van der Waals surface area contributed by atoms with E-state index in [1.54, 1.807) is 0 Å². The molecule has 1 aliphatic heterocycles. The molecular formula is C18H24N2O2. The zero-order chi connectivity index (χ0) is 15.4. The van der Waals surface area contributed by atoms with E-state index in [0.717, 1.165) is 24.9 Å². The Bertz CT molecular complexity index is 642. The van der Waals surface area contributed by atoms with Crippen LogP contribution in [0.2, 0.25) is 0 Å². The lowest BCUT2D eigenvalue weighted by Gasteiger charge is -2.13. The highest BCUT2D eigenvalue weighted by Crippen LogP contribution is 2.24. The molecule has 0 bridgehead atoms. The number of hydrogen-bond acceptors (Lipinski definition) is 3. The van der Waals surface area contributed by atoms with Crippen LogP contribution in [0.1, 0.15) is 38.2 Å². The normalized spacial score (nSPS) is 15.5. The fourth-order valence-electron chi connectivity index (χ4n) is 3.11. The maximum atomic E-state index is 11.6. The summed E-state index contributed by atoms with van der Waals surface area (Å²) in [6.07, 6.45) is 7.09. The van der Waals surface area contributed by atoms with Gasteiger partial charge in [0.15, 0.2) is 0 Å². The van der Waals surface area contributed by atoms with Gasteiger partial charge in [0.1, 0.15) is 5.75 Å². The van der Waals surface area contributed by atoms with Crippen molar-refractivity contribution in [2.24, 2.45) is 0 Å². The second-order valence-corrected chi connectivity index (χ2v) is 6.04. The molecule has 4 heteroatoms. The molecule has 1 fully saturated rings. The fraction of sp³-hybridized carbons (Fsp3) is 0.500. The number of aromatic nitrogens is 1. The van der Waals surface area contributed by atoms with Crippen molar-refractivity contribution >= 4 is 16.9 Å². The quantitative estimate of drug-likeness (QED) is 0.656. The Morgan fingerprint density at radius 3 is 2.91 bits per heavy atom. The summed E-state index contributed by atoms with van der Waals surface area (Å²) in [5.74, 6) is 0.460. The van der Waals surface area contributed by atoms with E-state index in [1.165, 1.54) is 36.9 Å². The lowest BCUT2D eigenvalue weighted by atomic mass is 10.1. The highest BCUT2D eigenvalue weighted by atomic mass is 16.5. The summed E-state index contributed by atoms with van der Waals surface area (Å²) in [6.45, 7) is 5.57. The van der Waals surface area contributed by atoms with Gasteiger partial charge in [-0.05, 0) is 56.5 Å². The molecule has 2 aromatic rings. The summed E-state index contributed by atoms with van der Waals surface area (Å²) in [4.78, 5) is 17.4. The Labute approximate surface area is 131 Å². The molecule has 1 aliphatic rings. The summed E-state index contributed by atoms with van der Waals surface area (Å²) in [6, 6.07) is 5.87. The van der Waals surface area contributed by atoms with Crippen molar-refractivity contribution in [1.82, 2.24) is 9.88 Å². The van der Waals surface area contributed by atoms with Crippen LogP contribution in [0.25, 0.3) is 10.9 Å². The summed E-state index contributed by atoms with van der Waals surface area (Å²) in [7, 11) is 0. The van der Waals surface area contributed by atoms with E-state index >= 15 is 0 Å². The Morgan fingerprint density at radius 2 is 2.14 bits per heavy atom. The van der Waals surface area contributed by atoms with Crippen LogP contribution in [0, 0.1) is 0 Å². The number of rotatable bonds is 6. The molecule has 22 heavy (non-hydrogen) atoms. The topological polar surface area (TPSA) is 45.3 Å². The van der Waals surface area contributed by atoms with Gasteiger partial charge in [0.05, 0.1) is 0 Å². The van der Waals surface area contributed by atoms with Gasteiger partial charge in [0.25, 0.3) is 0 Å². The molecule has 0 amide bonds. The molecule has 1 aromatic carbocycles. The predicted octanol–water partition coefficient (Wildman–Crippen LogP) is 3.51. The molecule has 0 aliphatic carbocycles. The molecule has 3 rings (SSSR count). The van der Waals surface area contributed by atoms with Gasteiger partial charge in [-0.25, -0.2) is 0 Å². The second kappa shape index (κ2) is 6.97. The summed E-state index contributed by atoms with van der Waals surface area (Å²) in [5, 5.41) is 1.23. The molecule has 1 saturated heterocycles. The Hall–Kier alpha value is -1.81. The van der Waals surface area contributed by atoms with E-state index in [4.69, 9.17) is 4.74 Å². The third kappa shape index (κ3) is 3.50. The molecular weight excluding hydrogens is 276 g/mol. The van der Waals surface area contributed by atoms with Crippen LogP contribution < -0.4 is 4.74 Å². The van der Waals surface area contributed by atoms with Gasteiger partial charge in [-0.2, -0.15) is 0 Å². The molecule has 0 unspecified atom stereocenters. The fourth-order valence-corrected chi connectivity index (χ4v) is 3.11. The first-order chi connectivity index (χ1) is 10.8. The molecule has 4 nitrogen and oxygen atoms in total. The van der Waals surface area contributed by atoms with Crippen LogP contribution in [-0.4, -0.2) is 35.5 Å². The molecule has 118 valence electrons. The monoisotopic (exact) mass is 300 g/mol. The molecule has 0 saturated carbocycles. The van der Waals surface area contributed by atoms with Crippen molar-refractivity contribution in [1.29, 1.82) is 0 Å². The Balaban J connectivity index is 1.67. The second-order valence-electron chi connectivity index (χ2n) is 6.04. The highest BCUT2D eigenvalue weighted by Gasteiger charge is 2.13. The summed E-state index contributed by atoms with van der Waals surface area (Å²) < 4.78 is 5.35. The largest absolute Gasteiger partial charge is 0.426 e. The zero-order valence-electron chi connectivity index (χ0n) is 13.2. The van der Waals surface area contributed by atoms with E-state index in [2.05, 4.69) is 22.1 Å². The number of benzene rings is 1. The van der Waals surface area contributed by atoms with Crippen molar-refractivity contribution in [3.63, 3.8) is 0 Å². The average Bonchev–Trinajstić information content (AvgIpc) is 3.14. The lowest BCUT2D eigenvalue weighted by molar-refractivity contribution is -0.134. The summed E-state index contributed by atoms with van der Waals surface area (Å²) >= 11 is 0. The van der Waals surface area contributed by atoms with Gasteiger partial charge in [-0.1, -0.05) is 6.92 Å². The summed E-state index contributed by atoms with van der Waals surface area (Å²) in [5.41, 5.74) is 2.38. The minimum absolute atomic E-state index is 0.164. The zero-order valence-corrected chi connectivity index (χ0v) is 13.2. The van der Waals surface area contributed by atoms with Gasteiger partial charge < -0.3 is 14.6 Å². The van der Waals surface area contributed by atoms with Crippen LogP contribution >= 0.6 is 0 Å². The number of likely N-dealkylation sites (tertiary alicyclic amines) is 1. The van der Waals surface area contributed by atoms with Crippen LogP contribution in [-0.2, 0) is 11.2 Å². The first kappa shape index (κ1) is 15.1. The SMILES string of the molecule is CCCC(=O)Oc1ccc2c(CCN3CCCC3)c[nH]c2c1. The van der Waals surface area contributed by atoms with Crippen molar-refractivity contribution in [3.05, 3.63) is 30.0 Å². The molecule has 1 N–H and O–H groups in total. The first-order valence-electron chi connectivity index (χ1n) is 8.29. The first-order valence-corrected chi connectivity index (χ1v) is 8.29. The van der Waals surface area contributed by atoms with E-state index in [1.807, 2.05) is 19.1 Å². The minimum Gasteiger partial charge on any atom is -0.426 e. The number of carbonyl (C=O) groups is 1. The highest BCUT2D eigenvalue weighted by molar-refractivity contribution is 5.85. The number of ether oxygens (including phenoxy) is 1. The smallest absolute Gasteiger partial charge is 0.311 e. The molecule has 1 aromatic heterocycles. The van der Waals surface area contributed by atoms with E-state index < -0.39 is 0 Å². The van der Waals surface area contributed by atoms with Gasteiger partial charge in [0.2, 0.25) is 0 Å². The number of carbonyl (C=O) groups excluding carboxylic acids is 1. The van der Waals surface area contributed by atoms with Gasteiger partial charge in [-0.15, -0.1) is 0 Å². The van der Waals surface area contributed by atoms with Crippen LogP contribution in [0.5, 0.6) is 5.75 Å². The van der Waals surface area contributed by atoms with Gasteiger partial charge in [0, 0.05) is 36.1 Å². The Kier molecular flexibility index (Phi) is 4.78. The van der Waals surface area contributed by atoms with E-state index in [-0.39, 0.29) is 5.97 Å². The number of aromatic amines is 1. The third-order valence-corrected chi connectivity index (χ3v) is 4.32. The van der Waals surface area contributed by atoms with E-state index in [0.29, 0.717) is 12.2 Å². The van der Waals surface area contributed by atoms with Crippen LogP contribution in [0.3, 0.4) is 0 Å². The maximum absolute atomic E-state index is 11.6. The minimum atomic E-state index is -0.164. The average molecular weight is 300 g/mol. The van der Waals surface area contributed by atoms with Crippen molar-refractivity contribution < 1.29 is 9.53 Å². The number of nitrogens with one attached hydrogen (secondary N) is 1. The van der Waals surface area contributed by atoms with E-state index in [9.17, 15) is 4.79 Å². The third-order valence-electron chi connectivity index (χ3n) is 4.32. The predicted molar refractivity (Wildman–Crippen MR) is 88.2 cm³/mol. The van der Waals surface area contributed by atoms with Crippen molar-refractivity contribution in [2.75, 3.05) is 19.6 Å². The molecule has 0 spiro atoms. The molecule has 0 atom stereocenters. The van der Waals surface area contributed by atoms with Crippen LogP contribution in [0.15, 0.2) is 24.4 Å². The molecule has 2 heterocycles.